The maximum absolute atomic E-state index is 12.7. The molecule has 340 valence electrons. The first-order valence-corrected chi connectivity index (χ1v) is 23.0. The van der Waals surface area contributed by atoms with Crippen LogP contribution < -0.4 is 16.4 Å². The predicted octanol–water partition coefficient (Wildman–Crippen LogP) is -0.800. The van der Waals surface area contributed by atoms with Crippen LogP contribution in [0.5, 0.6) is 11.5 Å². The van der Waals surface area contributed by atoms with E-state index in [4.69, 9.17) is 19.5 Å². The number of carbonyl (C=O) groups excluding carboxylic acids is 3. The number of thioether (sulfide) groups is 1. The molecule has 0 spiro atoms. The molecule has 2 amide bonds. The lowest BCUT2D eigenvalue weighted by molar-refractivity contribution is -0.137. The number of aromatic nitrogens is 4. The van der Waals surface area contributed by atoms with Crippen LogP contribution in [0.15, 0.2) is 30.9 Å². The third-order valence-corrected chi connectivity index (χ3v) is 12.5. The molecule has 27 nitrogen and oxygen atoms in total. The molecule has 3 unspecified atom stereocenters. The number of anilines is 1. The molecular formula is C30H44N7O20P3S. The number of aliphatic hydroxyl groups excluding tert-OH is 3. The quantitative estimate of drug-likeness (QED) is 0.0333. The van der Waals surface area contributed by atoms with Gasteiger partial charge in [0, 0.05) is 37.1 Å². The fourth-order valence-corrected chi connectivity index (χ4v) is 8.91. The third kappa shape index (κ3) is 14.4. The van der Waals surface area contributed by atoms with Gasteiger partial charge >= 0.3 is 23.5 Å². The van der Waals surface area contributed by atoms with Gasteiger partial charge in [-0.15, -0.1) is 0 Å². The number of phenolic OH excluding ortho intramolecular Hbond substituents is 2. The second kappa shape index (κ2) is 20.7. The highest BCUT2D eigenvalue weighted by molar-refractivity contribution is 8.13. The van der Waals surface area contributed by atoms with Crippen molar-refractivity contribution < 1.29 is 95.8 Å². The second-order valence-electron chi connectivity index (χ2n) is 13.8. The molecule has 0 aliphatic carbocycles. The largest absolute Gasteiger partial charge is 0.504 e. The van der Waals surface area contributed by atoms with E-state index >= 15 is 0 Å². The number of aliphatic hydroxyl groups is 3. The molecule has 3 aromatic rings. The van der Waals surface area contributed by atoms with Gasteiger partial charge in [0.25, 0.3) is 0 Å². The molecule has 1 aliphatic rings. The van der Waals surface area contributed by atoms with Crippen LogP contribution in [0.2, 0.25) is 0 Å². The van der Waals surface area contributed by atoms with E-state index in [-0.39, 0.29) is 60.0 Å². The molecule has 8 atom stereocenters. The zero-order chi connectivity index (χ0) is 45.5. The van der Waals surface area contributed by atoms with Crippen molar-refractivity contribution in [3.05, 3.63) is 36.4 Å². The van der Waals surface area contributed by atoms with Crippen molar-refractivity contribution in [1.29, 1.82) is 0 Å². The van der Waals surface area contributed by atoms with Gasteiger partial charge in [-0.1, -0.05) is 31.7 Å². The van der Waals surface area contributed by atoms with Crippen molar-refractivity contribution in [3.63, 3.8) is 0 Å². The number of nitrogens with zero attached hydrogens (tertiary/aromatic N) is 4. The summed E-state index contributed by atoms with van der Waals surface area (Å²) >= 11 is 0.829. The fourth-order valence-electron chi connectivity index (χ4n) is 5.38. The summed E-state index contributed by atoms with van der Waals surface area (Å²) in [7, 11) is -16.5. The van der Waals surface area contributed by atoms with Crippen LogP contribution in [0.1, 0.15) is 44.6 Å². The number of nitrogens with two attached hydrogens (primary N) is 1. The molecule has 3 heterocycles. The summed E-state index contributed by atoms with van der Waals surface area (Å²) in [6.45, 7) is 0.129. The Morgan fingerprint density at radius 2 is 1.69 bits per heavy atom. The first-order valence-electron chi connectivity index (χ1n) is 17.5. The Labute approximate surface area is 349 Å². The summed E-state index contributed by atoms with van der Waals surface area (Å²) in [6.07, 6.45) is -8.70. The molecule has 4 rings (SSSR count). The van der Waals surface area contributed by atoms with Gasteiger partial charge in [-0.05, 0) is 17.7 Å². The minimum absolute atomic E-state index is 0.0158. The lowest BCUT2D eigenvalue weighted by atomic mass is 9.87. The number of phenols is 2. The molecule has 0 bridgehead atoms. The lowest BCUT2D eigenvalue weighted by Gasteiger charge is -2.30. The SMILES string of the molecule is CC(C)(COP(=O)(O)OP(=O)(O)OC[C@H]1O[C@@H](n2cnc3c(N)ncnc32)[C@H](O)[C@@H]1OP(=O)(O)O)[C@@H](O)C(=O)NCCC(=O)NCCSC(=O)CC(O)c1ccc(O)c(O)c1. The Morgan fingerprint density at radius 3 is 2.36 bits per heavy atom. The van der Waals surface area contributed by atoms with Crippen LogP contribution >= 0.6 is 35.2 Å². The van der Waals surface area contributed by atoms with Gasteiger partial charge in [0.15, 0.2) is 34.3 Å². The van der Waals surface area contributed by atoms with Gasteiger partial charge in [-0.3, -0.25) is 32.5 Å². The van der Waals surface area contributed by atoms with E-state index in [1.807, 2.05) is 0 Å². The van der Waals surface area contributed by atoms with E-state index in [9.17, 15) is 73.2 Å². The van der Waals surface area contributed by atoms with Crippen LogP contribution in [-0.4, -0.2) is 138 Å². The summed E-state index contributed by atoms with van der Waals surface area (Å²) in [5.74, 6) is -2.32. The third-order valence-electron chi connectivity index (χ3n) is 8.51. The van der Waals surface area contributed by atoms with Crippen LogP contribution in [0.4, 0.5) is 5.82 Å². The van der Waals surface area contributed by atoms with Crippen molar-refractivity contribution >= 4 is 69.1 Å². The van der Waals surface area contributed by atoms with Crippen molar-refractivity contribution in [2.24, 2.45) is 5.41 Å². The van der Waals surface area contributed by atoms with E-state index < -0.39 is 102 Å². The topological polar surface area (TPSA) is 424 Å². The number of phosphoric ester groups is 3. The smallest absolute Gasteiger partial charge is 0.481 e. The number of imidazole rings is 1. The lowest BCUT2D eigenvalue weighted by Crippen LogP contribution is -2.46. The van der Waals surface area contributed by atoms with Gasteiger partial charge in [0.05, 0.1) is 25.6 Å². The average molecular weight is 948 g/mol. The highest BCUT2D eigenvalue weighted by Crippen LogP contribution is 2.61. The minimum atomic E-state index is -5.60. The van der Waals surface area contributed by atoms with Crippen LogP contribution in [0.25, 0.3) is 11.2 Å². The summed E-state index contributed by atoms with van der Waals surface area (Å²) in [5, 5.41) is 55.0. The normalized spacial score (nSPS) is 21.3. The molecule has 2 aromatic heterocycles. The summed E-state index contributed by atoms with van der Waals surface area (Å²) in [5.41, 5.74) is 4.40. The zero-order valence-electron chi connectivity index (χ0n) is 31.9. The Balaban J connectivity index is 1.19. The summed E-state index contributed by atoms with van der Waals surface area (Å²) in [4.78, 5) is 87.9. The summed E-state index contributed by atoms with van der Waals surface area (Å²) < 4.78 is 62.1. The van der Waals surface area contributed by atoms with Gasteiger partial charge in [-0.2, -0.15) is 4.31 Å². The van der Waals surface area contributed by atoms with E-state index in [0.717, 1.165) is 35.0 Å². The maximum Gasteiger partial charge on any atom is 0.481 e. The molecule has 0 radical (unpaired) electrons. The monoisotopic (exact) mass is 947 g/mol. The van der Waals surface area contributed by atoms with E-state index in [0.29, 0.717) is 0 Å². The Kier molecular flexibility index (Phi) is 16.9. The molecule has 1 fully saturated rings. The Bertz CT molecular complexity index is 2200. The molecule has 31 heteroatoms. The number of ether oxygens (including phenoxy) is 1. The molecule has 1 saturated heterocycles. The molecule has 0 saturated carbocycles. The minimum Gasteiger partial charge on any atom is -0.504 e. The number of nitrogen functional groups attached to an aromatic ring is 1. The number of aromatic hydroxyl groups is 2. The average Bonchev–Trinajstić information content (AvgIpc) is 3.72. The van der Waals surface area contributed by atoms with Crippen LogP contribution in [-0.2, 0) is 50.7 Å². The molecule has 13 N–H and O–H groups in total. The summed E-state index contributed by atoms with van der Waals surface area (Å²) in [6, 6.07) is 3.63. The molecular weight excluding hydrogens is 903 g/mol. The van der Waals surface area contributed by atoms with Crippen molar-refractivity contribution in [1.82, 2.24) is 30.2 Å². The van der Waals surface area contributed by atoms with Crippen molar-refractivity contribution in [3.8, 4) is 11.5 Å². The molecule has 1 aromatic carbocycles. The number of carbonyl (C=O) groups is 3. The number of nitrogens with one attached hydrogen (secondary N) is 2. The first-order chi connectivity index (χ1) is 28.3. The van der Waals surface area contributed by atoms with E-state index in [1.165, 1.54) is 26.0 Å². The zero-order valence-corrected chi connectivity index (χ0v) is 35.4. The first kappa shape index (κ1) is 50.0. The Morgan fingerprint density at radius 1 is 1.00 bits per heavy atom. The number of fused-ring (bicyclic) bond motifs is 1. The predicted molar refractivity (Wildman–Crippen MR) is 206 cm³/mol. The van der Waals surface area contributed by atoms with Crippen LogP contribution in [0.3, 0.4) is 0 Å². The number of rotatable bonds is 22. The van der Waals surface area contributed by atoms with Crippen molar-refractivity contribution in [2.45, 2.75) is 63.4 Å². The maximum atomic E-state index is 12.7. The van der Waals surface area contributed by atoms with E-state index in [2.05, 4.69) is 34.4 Å². The van der Waals surface area contributed by atoms with Gasteiger partial charge in [0.1, 0.15) is 36.3 Å². The highest BCUT2D eigenvalue weighted by Gasteiger charge is 2.50. The number of benzene rings is 1. The number of hydrogen-bond donors (Lipinski definition) is 12. The standard InChI is InChI=1S/C30H44N7O20P3S/c1-30(2,25(44)28(45)33-6-5-20(41)32-7-8-61-21(42)10-17(39)15-3-4-16(38)18(40)9-15)12-54-60(51,52)57-59(49,50)53-11-19-24(56-58(46,47)48)23(43)29(55-19)37-14-36-22-26(31)34-13-35-27(22)37/h3-4,9,13-14,17,19,23-25,29,38-40,43-44H,5-8,10-12H2,1-2H3,(H,32,41)(H,33,45)(H,49,50)(H,51,52)(H2,31,34,35)(H2,46,47,48)/t17?,19-,23-,24-,25+,29-/m1/s1. The van der Waals surface area contributed by atoms with Crippen molar-refractivity contribution in [2.75, 3.05) is 37.8 Å². The second-order valence-corrected chi connectivity index (χ2v) is 19.1. The van der Waals surface area contributed by atoms with Crippen LogP contribution in [0, 0.1) is 5.41 Å². The molecule has 61 heavy (non-hydrogen) atoms. The fraction of sp³-hybridized carbons (Fsp3) is 0.533. The Hall–Kier alpha value is -3.66. The van der Waals surface area contributed by atoms with E-state index in [1.54, 1.807) is 0 Å². The molecule has 1 aliphatic heterocycles. The van der Waals surface area contributed by atoms with Gasteiger partial charge < -0.3 is 66.2 Å². The number of amides is 2. The highest BCUT2D eigenvalue weighted by atomic mass is 32.2. The van der Waals surface area contributed by atoms with Gasteiger partial charge in [-0.25, -0.2) is 28.6 Å². The van der Waals surface area contributed by atoms with Gasteiger partial charge in [0.2, 0.25) is 11.8 Å². The number of hydrogen-bond acceptors (Lipinski definition) is 21. The number of phosphoric acid groups is 3.